The zero-order chi connectivity index (χ0) is 38.2. The van der Waals surface area contributed by atoms with Crippen molar-refractivity contribution in [2.45, 2.75) is 0 Å². The Labute approximate surface area is 335 Å². The average Bonchev–Trinajstić information content (AvgIpc) is 3.85. The van der Waals surface area contributed by atoms with E-state index >= 15 is 0 Å². The lowest BCUT2D eigenvalue weighted by molar-refractivity contribution is 1.10. The summed E-state index contributed by atoms with van der Waals surface area (Å²) in [4.78, 5) is 5.18. The number of imidazole rings is 1. The number of aromatic nitrogens is 3. The van der Waals surface area contributed by atoms with E-state index in [0.29, 0.717) is 0 Å². The topological polar surface area (TPSA) is 22.8 Å². The van der Waals surface area contributed by atoms with Crippen molar-refractivity contribution in [3.8, 4) is 45.0 Å². The molecule has 58 heavy (non-hydrogen) atoms. The molecule has 0 radical (unpaired) electrons. The van der Waals surface area contributed by atoms with Gasteiger partial charge in [0.1, 0.15) is 5.82 Å². The van der Waals surface area contributed by atoms with Crippen molar-refractivity contribution in [3.63, 3.8) is 0 Å². The number of rotatable bonds is 5. The summed E-state index contributed by atoms with van der Waals surface area (Å²) in [5.74, 6) is 0.929. The van der Waals surface area contributed by atoms with Crippen LogP contribution >= 0.6 is 0 Å². The highest BCUT2D eigenvalue weighted by atomic mass is 15.1. The second-order valence-corrected chi connectivity index (χ2v) is 15.1. The number of fused-ring (bicyclic) bond motifs is 10. The van der Waals surface area contributed by atoms with Crippen LogP contribution in [0.4, 0.5) is 0 Å². The zero-order valence-electron chi connectivity index (χ0n) is 31.5. The van der Waals surface area contributed by atoms with Gasteiger partial charge in [-0.15, -0.1) is 0 Å². The third-order valence-electron chi connectivity index (χ3n) is 11.9. The Morgan fingerprint density at radius 3 is 1.69 bits per heavy atom. The minimum Gasteiger partial charge on any atom is -0.309 e. The predicted molar refractivity (Wildman–Crippen MR) is 244 cm³/mol. The molecule has 0 aliphatic rings. The van der Waals surface area contributed by atoms with E-state index in [1.165, 1.54) is 76.5 Å². The highest BCUT2D eigenvalue weighted by molar-refractivity contribution is 6.28. The molecule has 2 aromatic heterocycles. The largest absolute Gasteiger partial charge is 0.309 e. The normalized spacial score (nSPS) is 11.8. The molecule has 10 aromatic carbocycles. The molecule has 0 bridgehead atoms. The molecule has 3 nitrogen and oxygen atoms in total. The molecular formula is C55H35N3. The SMILES string of the molecule is c1ccc(-c2ccc3c(c2)c2ccccc2n3-c2cccc3c4ccccc4c4cc(-c5cccc(-c6nc7ccccc7n6-c6ccccc6)c5)ccc4c23)cc1. The van der Waals surface area contributed by atoms with Crippen LogP contribution < -0.4 is 0 Å². The van der Waals surface area contributed by atoms with Gasteiger partial charge in [0.2, 0.25) is 0 Å². The van der Waals surface area contributed by atoms with E-state index in [9.17, 15) is 0 Å². The van der Waals surface area contributed by atoms with Crippen LogP contribution in [-0.2, 0) is 0 Å². The van der Waals surface area contributed by atoms with Crippen molar-refractivity contribution in [1.82, 2.24) is 14.1 Å². The first-order valence-electron chi connectivity index (χ1n) is 19.9. The lowest BCUT2D eigenvalue weighted by atomic mass is 9.91. The monoisotopic (exact) mass is 737 g/mol. The molecule has 270 valence electrons. The Bertz CT molecular complexity index is 3560. The van der Waals surface area contributed by atoms with Crippen molar-refractivity contribution < 1.29 is 0 Å². The van der Waals surface area contributed by atoms with Crippen LogP contribution in [0.1, 0.15) is 0 Å². The van der Waals surface area contributed by atoms with Gasteiger partial charge in [-0.3, -0.25) is 4.57 Å². The quantitative estimate of drug-likeness (QED) is 0.161. The number of hydrogen-bond donors (Lipinski definition) is 0. The third kappa shape index (κ3) is 4.97. The van der Waals surface area contributed by atoms with Crippen LogP contribution in [0.5, 0.6) is 0 Å². The van der Waals surface area contributed by atoms with E-state index in [-0.39, 0.29) is 0 Å². The van der Waals surface area contributed by atoms with E-state index in [1.54, 1.807) is 0 Å². The summed E-state index contributed by atoms with van der Waals surface area (Å²) in [5.41, 5.74) is 12.6. The van der Waals surface area contributed by atoms with Crippen LogP contribution in [0.25, 0.3) is 110 Å². The fourth-order valence-electron chi connectivity index (χ4n) is 9.29. The lowest BCUT2D eigenvalue weighted by Gasteiger charge is -2.17. The Morgan fingerprint density at radius 2 is 0.845 bits per heavy atom. The van der Waals surface area contributed by atoms with Crippen molar-refractivity contribution in [2.75, 3.05) is 0 Å². The van der Waals surface area contributed by atoms with Gasteiger partial charge in [0.25, 0.3) is 0 Å². The van der Waals surface area contributed by atoms with Gasteiger partial charge < -0.3 is 4.57 Å². The predicted octanol–water partition coefficient (Wildman–Crippen LogP) is 14.6. The maximum Gasteiger partial charge on any atom is 0.145 e. The Morgan fingerprint density at radius 1 is 0.293 bits per heavy atom. The molecule has 0 aliphatic carbocycles. The first-order chi connectivity index (χ1) is 28.8. The maximum absolute atomic E-state index is 5.18. The molecule has 12 aromatic rings. The zero-order valence-corrected chi connectivity index (χ0v) is 31.5. The van der Waals surface area contributed by atoms with Gasteiger partial charge >= 0.3 is 0 Å². The standard InChI is InChI=1S/C55H35N3/c1-3-15-36(16-4-1)38-30-32-51-48(35-38)44-23-9-11-26-50(44)58(51)53-28-14-24-45-42-21-7-8-22-43(42)47-34-39(29-31-46(47)54(45)53)37-17-13-18-40(33-37)55-56-49-25-10-12-27-52(49)57(55)41-19-5-2-6-20-41/h1-35H. The summed E-state index contributed by atoms with van der Waals surface area (Å²) in [6, 6.07) is 76.9. The summed E-state index contributed by atoms with van der Waals surface area (Å²) in [7, 11) is 0. The average molecular weight is 738 g/mol. The smallest absolute Gasteiger partial charge is 0.145 e. The molecule has 0 unspecified atom stereocenters. The maximum atomic E-state index is 5.18. The number of nitrogens with zero attached hydrogens (tertiary/aromatic N) is 3. The van der Waals surface area contributed by atoms with Crippen molar-refractivity contribution >= 4 is 65.2 Å². The number of para-hydroxylation sites is 4. The van der Waals surface area contributed by atoms with Crippen molar-refractivity contribution in [3.05, 3.63) is 212 Å². The van der Waals surface area contributed by atoms with Gasteiger partial charge in [0, 0.05) is 27.4 Å². The Hall–Kier alpha value is -7.75. The second kappa shape index (κ2) is 12.9. The molecule has 0 atom stereocenters. The van der Waals surface area contributed by atoms with Gasteiger partial charge in [0.05, 0.1) is 27.8 Å². The van der Waals surface area contributed by atoms with E-state index in [4.69, 9.17) is 4.98 Å². The lowest BCUT2D eigenvalue weighted by Crippen LogP contribution is -1.97. The van der Waals surface area contributed by atoms with Crippen LogP contribution in [0.15, 0.2) is 212 Å². The van der Waals surface area contributed by atoms with Crippen LogP contribution in [-0.4, -0.2) is 14.1 Å². The number of hydrogen-bond acceptors (Lipinski definition) is 1. The van der Waals surface area contributed by atoms with Crippen molar-refractivity contribution in [2.24, 2.45) is 0 Å². The molecule has 0 amide bonds. The Balaban J connectivity index is 1.08. The molecule has 0 fully saturated rings. The highest BCUT2D eigenvalue weighted by Gasteiger charge is 2.19. The minimum absolute atomic E-state index is 0.929. The Kier molecular flexibility index (Phi) is 7.23. The molecule has 3 heteroatoms. The van der Waals surface area contributed by atoms with Crippen LogP contribution in [0.3, 0.4) is 0 Å². The van der Waals surface area contributed by atoms with E-state index < -0.39 is 0 Å². The third-order valence-corrected chi connectivity index (χ3v) is 11.9. The van der Waals surface area contributed by atoms with E-state index in [0.717, 1.165) is 33.7 Å². The summed E-state index contributed by atoms with van der Waals surface area (Å²) in [5, 5.41) is 9.98. The molecule has 0 saturated carbocycles. The fraction of sp³-hybridized carbons (Fsp3) is 0. The summed E-state index contributed by atoms with van der Waals surface area (Å²) < 4.78 is 4.75. The van der Waals surface area contributed by atoms with Crippen molar-refractivity contribution in [1.29, 1.82) is 0 Å². The molecule has 0 N–H and O–H groups in total. The first kappa shape index (κ1) is 32.5. The van der Waals surface area contributed by atoms with Gasteiger partial charge in [-0.05, 0) is 110 Å². The molecule has 0 spiro atoms. The fourth-order valence-corrected chi connectivity index (χ4v) is 9.29. The van der Waals surface area contributed by atoms with Gasteiger partial charge in [0.15, 0.2) is 0 Å². The molecule has 0 aliphatic heterocycles. The van der Waals surface area contributed by atoms with Crippen LogP contribution in [0.2, 0.25) is 0 Å². The van der Waals surface area contributed by atoms with Gasteiger partial charge in [-0.25, -0.2) is 4.98 Å². The highest BCUT2D eigenvalue weighted by Crippen LogP contribution is 2.43. The van der Waals surface area contributed by atoms with E-state index in [2.05, 4.69) is 221 Å². The molecular weight excluding hydrogens is 703 g/mol. The summed E-state index contributed by atoms with van der Waals surface area (Å²) in [6.45, 7) is 0. The van der Waals surface area contributed by atoms with Gasteiger partial charge in [-0.1, -0.05) is 152 Å². The van der Waals surface area contributed by atoms with Crippen LogP contribution in [0, 0.1) is 0 Å². The minimum atomic E-state index is 0.929. The number of benzene rings is 10. The summed E-state index contributed by atoms with van der Waals surface area (Å²) >= 11 is 0. The van der Waals surface area contributed by atoms with E-state index in [1.807, 2.05) is 0 Å². The second-order valence-electron chi connectivity index (χ2n) is 15.1. The molecule has 0 saturated heterocycles. The van der Waals surface area contributed by atoms with Gasteiger partial charge in [-0.2, -0.15) is 0 Å². The summed E-state index contributed by atoms with van der Waals surface area (Å²) in [6.07, 6.45) is 0. The first-order valence-corrected chi connectivity index (χ1v) is 19.9. The molecule has 2 heterocycles. The molecule has 12 rings (SSSR count).